The first kappa shape index (κ1) is 10.6. The summed E-state index contributed by atoms with van der Waals surface area (Å²) in [6.45, 7) is 2.89. The van der Waals surface area contributed by atoms with E-state index in [1.54, 1.807) is 0 Å². The first-order chi connectivity index (χ1) is 7.24. The first-order valence-corrected chi connectivity index (χ1v) is 5.62. The molecule has 5 heteroatoms. The van der Waals surface area contributed by atoms with E-state index < -0.39 is 0 Å². The van der Waals surface area contributed by atoms with Crippen LogP contribution in [-0.4, -0.2) is 26.7 Å². The van der Waals surface area contributed by atoms with Gasteiger partial charge in [0.15, 0.2) is 0 Å². The highest BCUT2D eigenvalue weighted by Crippen LogP contribution is 2.23. The van der Waals surface area contributed by atoms with Gasteiger partial charge in [0.25, 0.3) is 0 Å². The molecule has 0 amide bonds. The Balaban J connectivity index is 2.47. The second-order valence-electron chi connectivity index (χ2n) is 3.43. The van der Waals surface area contributed by atoms with Crippen molar-refractivity contribution >= 4 is 27.0 Å². The average molecular weight is 270 g/mol. The zero-order valence-corrected chi connectivity index (χ0v) is 10.0. The van der Waals surface area contributed by atoms with Crippen molar-refractivity contribution in [3.8, 4) is 0 Å². The third-order valence-electron chi connectivity index (χ3n) is 2.40. The van der Waals surface area contributed by atoms with Gasteiger partial charge >= 0.3 is 0 Å². The molecule has 0 spiro atoms. The quantitative estimate of drug-likeness (QED) is 0.926. The summed E-state index contributed by atoms with van der Waals surface area (Å²) < 4.78 is 2.87. The topological polar surface area (TPSA) is 50.9 Å². The molecular formula is C10H12BrN3O. The minimum absolute atomic E-state index is 0.177. The Kier molecular flexibility index (Phi) is 3.02. The van der Waals surface area contributed by atoms with Gasteiger partial charge in [-0.2, -0.15) is 0 Å². The van der Waals surface area contributed by atoms with Gasteiger partial charge in [-0.25, -0.2) is 4.68 Å². The summed E-state index contributed by atoms with van der Waals surface area (Å²) in [5, 5.41) is 17.0. The second-order valence-corrected chi connectivity index (χ2v) is 4.28. The number of fused-ring (bicyclic) bond motifs is 1. The van der Waals surface area contributed by atoms with Crippen LogP contribution in [0.15, 0.2) is 16.6 Å². The number of halogens is 1. The Morgan fingerprint density at radius 3 is 3.00 bits per heavy atom. The fourth-order valence-electron chi connectivity index (χ4n) is 1.53. The lowest BCUT2D eigenvalue weighted by Crippen LogP contribution is -2.01. The molecule has 1 N–H and O–H groups in total. The van der Waals surface area contributed by atoms with Crippen LogP contribution in [0.5, 0.6) is 0 Å². The van der Waals surface area contributed by atoms with E-state index in [2.05, 4.69) is 26.2 Å². The maximum Gasteiger partial charge on any atom is 0.117 e. The van der Waals surface area contributed by atoms with Crippen molar-refractivity contribution in [2.45, 2.75) is 19.9 Å². The van der Waals surface area contributed by atoms with E-state index in [1.807, 2.05) is 23.7 Å². The molecule has 0 atom stereocenters. The fraction of sp³-hybridized carbons (Fsp3) is 0.400. The molecule has 0 bridgehead atoms. The highest BCUT2D eigenvalue weighted by molar-refractivity contribution is 9.10. The Bertz CT molecular complexity index is 481. The van der Waals surface area contributed by atoms with E-state index >= 15 is 0 Å². The third kappa shape index (κ3) is 1.89. The van der Waals surface area contributed by atoms with Crippen LogP contribution >= 0.6 is 15.9 Å². The van der Waals surface area contributed by atoms with E-state index in [4.69, 9.17) is 5.11 Å². The Morgan fingerprint density at radius 1 is 1.47 bits per heavy atom. The molecule has 1 heterocycles. The number of aliphatic hydroxyl groups is 1. The normalized spacial score (nSPS) is 11.1. The van der Waals surface area contributed by atoms with Crippen LogP contribution in [0.1, 0.15) is 12.0 Å². The summed E-state index contributed by atoms with van der Waals surface area (Å²) in [5.74, 6) is 0. The number of hydrogen-bond acceptors (Lipinski definition) is 3. The first-order valence-electron chi connectivity index (χ1n) is 4.83. The van der Waals surface area contributed by atoms with Crippen LogP contribution in [0, 0.1) is 6.92 Å². The summed E-state index contributed by atoms with van der Waals surface area (Å²) in [6, 6.07) is 3.99. The summed E-state index contributed by atoms with van der Waals surface area (Å²) in [5.41, 5.74) is 3.04. The molecule has 0 aliphatic carbocycles. The van der Waals surface area contributed by atoms with Gasteiger partial charge in [-0.15, -0.1) is 5.10 Å². The van der Waals surface area contributed by atoms with Gasteiger partial charge < -0.3 is 5.11 Å². The van der Waals surface area contributed by atoms with Crippen molar-refractivity contribution in [1.82, 2.24) is 15.0 Å². The molecule has 80 valence electrons. The number of rotatable bonds is 3. The smallest absolute Gasteiger partial charge is 0.117 e. The predicted molar refractivity (Wildman–Crippen MR) is 61.7 cm³/mol. The van der Waals surface area contributed by atoms with Gasteiger partial charge in [-0.3, -0.25) is 0 Å². The minimum Gasteiger partial charge on any atom is -0.396 e. The lowest BCUT2D eigenvalue weighted by atomic mass is 10.2. The maximum absolute atomic E-state index is 8.77. The molecule has 0 fully saturated rings. The molecule has 0 unspecified atom stereocenters. The van der Waals surface area contributed by atoms with Crippen molar-refractivity contribution < 1.29 is 5.11 Å². The number of benzene rings is 1. The summed E-state index contributed by atoms with van der Waals surface area (Å²) in [6.07, 6.45) is 0.702. The number of aliphatic hydroxyl groups excluding tert-OH is 1. The van der Waals surface area contributed by atoms with Gasteiger partial charge in [0.2, 0.25) is 0 Å². The molecule has 1 aromatic heterocycles. The standard InChI is InChI=1S/C10H12BrN3O/c1-7-8(11)3-4-9-10(7)12-13-14(9)5-2-6-15/h3-4,15H,2,5-6H2,1H3. The molecule has 15 heavy (non-hydrogen) atoms. The fourth-order valence-corrected chi connectivity index (χ4v) is 1.85. The van der Waals surface area contributed by atoms with Crippen molar-refractivity contribution in [2.75, 3.05) is 6.61 Å². The van der Waals surface area contributed by atoms with Crippen LogP contribution in [0.25, 0.3) is 11.0 Å². The second kappa shape index (κ2) is 4.28. The highest BCUT2D eigenvalue weighted by atomic mass is 79.9. The van der Waals surface area contributed by atoms with Gasteiger partial charge in [-0.1, -0.05) is 21.1 Å². The van der Waals surface area contributed by atoms with Crippen LogP contribution in [-0.2, 0) is 6.54 Å². The van der Waals surface area contributed by atoms with E-state index in [9.17, 15) is 0 Å². The predicted octanol–water partition coefficient (Wildman–Crippen LogP) is 1.88. The molecule has 4 nitrogen and oxygen atoms in total. The SMILES string of the molecule is Cc1c(Br)ccc2c1nnn2CCCO. The van der Waals surface area contributed by atoms with Crippen LogP contribution in [0.2, 0.25) is 0 Å². The molecule has 2 rings (SSSR count). The van der Waals surface area contributed by atoms with Gasteiger partial charge in [0.05, 0.1) is 5.52 Å². The van der Waals surface area contributed by atoms with Gasteiger partial charge in [0.1, 0.15) is 5.52 Å². The average Bonchev–Trinajstić information content (AvgIpc) is 2.64. The van der Waals surface area contributed by atoms with Gasteiger partial charge in [0, 0.05) is 17.6 Å². The number of nitrogens with zero attached hydrogens (tertiary/aromatic N) is 3. The zero-order valence-electron chi connectivity index (χ0n) is 8.44. The van der Waals surface area contributed by atoms with Crippen molar-refractivity contribution in [2.24, 2.45) is 0 Å². The Hall–Kier alpha value is -0.940. The number of hydrogen-bond donors (Lipinski definition) is 1. The molecular weight excluding hydrogens is 258 g/mol. The van der Waals surface area contributed by atoms with Crippen molar-refractivity contribution in [3.05, 3.63) is 22.2 Å². The zero-order chi connectivity index (χ0) is 10.8. The van der Waals surface area contributed by atoms with Gasteiger partial charge in [-0.05, 0) is 31.0 Å². The number of aryl methyl sites for hydroxylation is 2. The third-order valence-corrected chi connectivity index (χ3v) is 3.26. The molecule has 0 radical (unpaired) electrons. The van der Waals surface area contributed by atoms with E-state index in [0.717, 1.165) is 21.1 Å². The Labute approximate surface area is 96.0 Å². The summed E-state index contributed by atoms with van der Waals surface area (Å²) in [7, 11) is 0. The van der Waals surface area contributed by atoms with Crippen LogP contribution < -0.4 is 0 Å². The van der Waals surface area contributed by atoms with E-state index in [0.29, 0.717) is 13.0 Å². The lowest BCUT2D eigenvalue weighted by molar-refractivity contribution is 0.277. The molecule has 0 saturated carbocycles. The van der Waals surface area contributed by atoms with E-state index in [1.165, 1.54) is 0 Å². The minimum atomic E-state index is 0.177. The molecule has 0 saturated heterocycles. The van der Waals surface area contributed by atoms with Crippen LogP contribution in [0.4, 0.5) is 0 Å². The van der Waals surface area contributed by atoms with Crippen molar-refractivity contribution in [1.29, 1.82) is 0 Å². The monoisotopic (exact) mass is 269 g/mol. The highest BCUT2D eigenvalue weighted by Gasteiger charge is 2.08. The maximum atomic E-state index is 8.77. The Morgan fingerprint density at radius 2 is 2.27 bits per heavy atom. The molecule has 1 aromatic carbocycles. The lowest BCUT2D eigenvalue weighted by Gasteiger charge is -2.01. The van der Waals surface area contributed by atoms with E-state index in [-0.39, 0.29) is 6.61 Å². The number of aromatic nitrogens is 3. The summed E-state index contributed by atoms with van der Waals surface area (Å²) >= 11 is 3.46. The summed E-state index contributed by atoms with van der Waals surface area (Å²) in [4.78, 5) is 0. The molecule has 0 aliphatic heterocycles. The molecule has 0 aliphatic rings. The van der Waals surface area contributed by atoms with Crippen molar-refractivity contribution in [3.63, 3.8) is 0 Å². The largest absolute Gasteiger partial charge is 0.396 e. The molecule has 2 aromatic rings. The van der Waals surface area contributed by atoms with Crippen LogP contribution in [0.3, 0.4) is 0 Å².